The molecule has 2 unspecified atom stereocenters. The van der Waals surface area contributed by atoms with Gasteiger partial charge in [0.05, 0.1) is 0 Å². The molecule has 31 heavy (non-hydrogen) atoms. The van der Waals surface area contributed by atoms with E-state index in [9.17, 15) is 24.3 Å². The van der Waals surface area contributed by atoms with Crippen molar-refractivity contribution in [3.63, 3.8) is 0 Å². The summed E-state index contributed by atoms with van der Waals surface area (Å²) in [6.45, 7) is 9.71. The molecule has 1 rings (SSSR count). The number of carboxylic acids is 1. The van der Waals surface area contributed by atoms with Crippen LogP contribution in [0.1, 0.15) is 53.9 Å². The molecular formula is C21H37N3O6S. The second-order valence-corrected chi connectivity index (χ2v) is 10.1. The number of hydrogen-bond donors (Lipinski definition) is 3. The van der Waals surface area contributed by atoms with Gasteiger partial charge >= 0.3 is 12.1 Å². The van der Waals surface area contributed by atoms with Gasteiger partial charge < -0.3 is 25.4 Å². The van der Waals surface area contributed by atoms with Gasteiger partial charge in [-0.25, -0.2) is 9.59 Å². The smallest absolute Gasteiger partial charge is 0.408 e. The van der Waals surface area contributed by atoms with Crippen LogP contribution in [0.5, 0.6) is 0 Å². The molecule has 2 atom stereocenters. The molecule has 3 N–H and O–H groups in total. The number of hydrogen-bond acceptors (Lipinski definition) is 6. The van der Waals surface area contributed by atoms with Gasteiger partial charge in [0.25, 0.3) is 0 Å². The number of likely N-dealkylation sites (tertiary alicyclic amines) is 1. The Hall–Kier alpha value is -1.97. The van der Waals surface area contributed by atoms with Crippen LogP contribution >= 0.6 is 11.8 Å². The third-order valence-electron chi connectivity index (χ3n) is 5.01. The number of amides is 3. The Morgan fingerprint density at radius 2 is 1.71 bits per heavy atom. The quantitative estimate of drug-likeness (QED) is 0.482. The van der Waals surface area contributed by atoms with Gasteiger partial charge in [-0.05, 0) is 58.0 Å². The lowest BCUT2D eigenvalue weighted by molar-refractivity contribution is -0.143. The highest BCUT2D eigenvalue weighted by Gasteiger charge is 2.34. The molecular weight excluding hydrogens is 422 g/mol. The topological polar surface area (TPSA) is 125 Å². The number of piperidine rings is 1. The molecule has 0 aliphatic carbocycles. The lowest BCUT2D eigenvalue weighted by atomic mass is 9.94. The minimum atomic E-state index is -1.04. The third kappa shape index (κ3) is 9.37. The molecule has 0 aromatic rings. The van der Waals surface area contributed by atoms with Gasteiger partial charge in [0.2, 0.25) is 11.8 Å². The van der Waals surface area contributed by atoms with E-state index in [1.165, 1.54) is 11.8 Å². The first kappa shape index (κ1) is 27.1. The molecule has 3 amide bonds. The zero-order valence-electron chi connectivity index (χ0n) is 19.4. The Kier molecular flexibility index (Phi) is 10.6. The summed E-state index contributed by atoms with van der Waals surface area (Å²) < 4.78 is 5.27. The summed E-state index contributed by atoms with van der Waals surface area (Å²) in [6, 6.07) is -1.62. The number of rotatable bonds is 9. The summed E-state index contributed by atoms with van der Waals surface area (Å²) >= 11 is 1.53. The number of alkyl carbamates (subject to hydrolysis) is 1. The molecule has 178 valence electrons. The monoisotopic (exact) mass is 459 g/mol. The number of carbonyl (C=O) groups excluding carboxylic acids is 3. The summed E-state index contributed by atoms with van der Waals surface area (Å²) in [5, 5.41) is 14.6. The lowest BCUT2D eigenvalue weighted by Crippen LogP contribution is -2.54. The predicted octanol–water partition coefficient (Wildman–Crippen LogP) is 2.10. The second kappa shape index (κ2) is 12.2. The van der Waals surface area contributed by atoms with Crippen molar-refractivity contribution in [2.24, 2.45) is 11.8 Å². The van der Waals surface area contributed by atoms with E-state index in [0.717, 1.165) is 0 Å². The molecule has 0 aromatic carbocycles. The van der Waals surface area contributed by atoms with E-state index in [-0.39, 0.29) is 23.7 Å². The summed E-state index contributed by atoms with van der Waals surface area (Å²) in [6.07, 6.45) is 2.51. The van der Waals surface area contributed by atoms with E-state index >= 15 is 0 Å². The van der Waals surface area contributed by atoms with E-state index in [2.05, 4.69) is 10.6 Å². The fourth-order valence-electron chi connectivity index (χ4n) is 3.29. The number of carboxylic acid groups (broad SMARTS) is 1. The average molecular weight is 460 g/mol. The maximum atomic E-state index is 13.0. The molecule has 0 saturated carbocycles. The number of thioether (sulfide) groups is 1. The Bertz CT molecular complexity index is 642. The zero-order chi connectivity index (χ0) is 23.8. The fourth-order valence-corrected chi connectivity index (χ4v) is 3.76. The minimum absolute atomic E-state index is 0.131. The molecule has 0 radical (unpaired) electrons. The van der Waals surface area contributed by atoms with Gasteiger partial charge in [0, 0.05) is 19.0 Å². The Balaban J connectivity index is 2.64. The third-order valence-corrected chi connectivity index (χ3v) is 5.65. The van der Waals surface area contributed by atoms with Gasteiger partial charge in [-0.2, -0.15) is 11.8 Å². The van der Waals surface area contributed by atoms with Crippen LogP contribution < -0.4 is 10.6 Å². The van der Waals surface area contributed by atoms with Crippen LogP contribution in [0.4, 0.5) is 4.79 Å². The van der Waals surface area contributed by atoms with E-state index in [4.69, 9.17) is 4.74 Å². The molecule has 1 fully saturated rings. The van der Waals surface area contributed by atoms with E-state index in [0.29, 0.717) is 38.1 Å². The highest BCUT2D eigenvalue weighted by Crippen LogP contribution is 2.20. The average Bonchev–Trinajstić information content (AvgIpc) is 2.67. The first-order chi connectivity index (χ1) is 14.4. The van der Waals surface area contributed by atoms with Crippen molar-refractivity contribution in [1.82, 2.24) is 15.5 Å². The minimum Gasteiger partial charge on any atom is -0.480 e. The molecule has 0 spiro atoms. The lowest BCUT2D eigenvalue weighted by Gasteiger charge is -2.35. The molecule has 1 aliphatic heterocycles. The van der Waals surface area contributed by atoms with Crippen molar-refractivity contribution in [1.29, 1.82) is 0 Å². The summed E-state index contributed by atoms with van der Waals surface area (Å²) in [5.74, 6) is -1.35. The summed E-state index contributed by atoms with van der Waals surface area (Å²) in [5.41, 5.74) is -0.663. The molecule has 1 saturated heterocycles. The molecule has 1 aliphatic rings. The van der Waals surface area contributed by atoms with Crippen LogP contribution in [0.3, 0.4) is 0 Å². The van der Waals surface area contributed by atoms with Crippen LogP contribution in [0.15, 0.2) is 0 Å². The van der Waals surface area contributed by atoms with Crippen LogP contribution in [0.25, 0.3) is 0 Å². The molecule has 10 heteroatoms. The zero-order valence-corrected chi connectivity index (χ0v) is 20.2. The van der Waals surface area contributed by atoms with E-state index in [1.54, 1.807) is 25.7 Å². The van der Waals surface area contributed by atoms with Gasteiger partial charge in [0.1, 0.15) is 17.7 Å². The number of nitrogens with zero attached hydrogens (tertiary/aromatic N) is 1. The van der Waals surface area contributed by atoms with Crippen LogP contribution in [0, 0.1) is 11.8 Å². The first-order valence-corrected chi connectivity index (χ1v) is 12.1. The van der Waals surface area contributed by atoms with E-state index < -0.39 is 29.7 Å². The summed E-state index contributed by atoms with van der Waals surface area (Å²) in [7, 11) is 0. The second-order valence-electron chi connectivity index (χ2n) is 9.15. The Labute approximate surface area is 189 Å². The van der Waals surface area contributed by atoms with Crippen LogP contribution in [-0.2, 0) is 19.1 Å². The highest BCUT2D eigenvalue weighted by atomic mass is 32.2. The predicted molar refractivity (Wildman–Crippen MR) is 120 cm³/mol. The van der Waals surface area contributed by atoms with Gasteiger partial charge in [-0.15, -0.1) is 0 Å². The summed E-state index contributed by atoms with van der Waals surface area (Å²) in [4.78, 5) is 50.6. The highest BCUT2D eigenvalue weighted by molar-refractivity contribution is 7.98. The van der Waals surface area contributed by atoms with Crippen molar-refractivity contribution in [3.05, 3.63) is 0 Å². The van der Waals surface area contributed by atoms with Crippen LogP contribution in [-0.4, -0.2) is 76.7 Å². The van der Waals surface area contributed by atoms with E-state index in [1.807, 2.05) is 20.1 Å². The number of nitrogens with one attached hydrogen (secondary N) is 2. The molecule has 0 aromatic heterocycles. The van der Waals surface area contributed by atoms with Crippen molar-refractivity contribution < 1.29 is 29.0 Å². The van der Waals surface area contributed by atoms with Crippen molar-refractivity contribution in [2.75, 3.05) is 25.1 Å². The van der Waals surface area contributed by atoms with Crippen molar-refractivity contribution in [3.8, 4) is 0 Å². The van der Waals surface area contributed by atoms with Gasteiger partial charge in [-0.3, -0.25) is 9.59 Å². The largest absolute Gasteiger partial charge is 0.480 e. The molecule has 0 bridgehead atoms. The number of ether oxygens (including phenoxy) is 1. The number of carbonyl (C=O) groups is 4. The standard InChI is InChI=1S/C21H37N3O6S/c1-13(2)16(23-20(29)30-21(3,4)5)18(26)24-10-7-14(8-11-24)17(25)22-15(19(27)28)9-12-31-6/h13-16H,7-12H2,1-6H3,(H,22,25)(H,23,29)(H,27,28). The van der Waals surface area contributed by atoms with Gasteiger partial charge in [-0.1, -0.05) is 13.8 Å². The Morgan fingerprint density at radius 3 is 2.16 bits per heavy atom. The first-order valence-electron chi connectivity index (χ1n) is 10.7. The van der Waals surface area contributed by atoms with Gasteiger partial charge in [0.15, 0.2) is 0 Å². The maximum absolute atomic E-state index is 13.0. The maximum Gasteiger partial charge on any atom is 0.408 e. The molecule has 1 heterocycles. The van der Waals surface area contributed by atoms with Crippen molar-refractivity contribution in [2.45, 2.75) is 71.6 Å². The normalized spacial score (nSPS) is 17.1. The van der Waals surface area contributed by atoms with Crippen LogP contribution in [0.2, 0.25) is 0 Å². The number of aliphatic carboxylic acids is 1. The fraction of sp³-hybridized carbons (Fsp3) is 0.810. The SMILES string of the molecule is CSCCC(NC(=O)C1CCN(C(=O)C(NC(=O)OC(C)(C)C)C(C)C)CC1)C(=O)O. The Morgan fingerprint density at radius 1 is 1.13 bits per heavy atom. The molecule has 9 nitrogen and oxygen atoms in total. The van der Waals surface area contributed by atoms with Crippen molar-refractivity contribution >= 4 is 35.6 Å².